The third kappa shape index (κ3) is 22.2. The Morgan fingerprint density at radius 1 is 0.264 bits per heavy atom. The number of nitrogens with two attached hydrogens (primary N) is 4. The average molecular weight is 1900 g/mol. The van der Waals surface area contributed by atoms with Gasteiger partial charge in [-0.1, -0.05) is 253 Å². The van der Waals surface area contributed by atoms with Crippen LogP contribution in [0.25, 0.3) is 89.7 Å². The number of rotatable bonds is 40. The fourth-order valence-corrected chi connectivity index (χ4v) is 18.9. The molecule has 8 bridgehead atoms. The molecule has 29 heteroatoms. The van der Waals surface area contributed by atoms with Crippen LogP contribution in [0.15, 0.2) is 136 Å². The molecule has 667 valence electrons. The number of hydrogen-bond donors (Lipinski definition) is 4. The second kappa shape index (κ2) is 43.3. The predicted molar refractivity (Wildman–Crippen MR) is 514 cm³/mol. The smallest absolute Gasteiger partial charge is 0.492 e. The molecule has 8 aromatic carbocycles. The van der Waals surface area contributed by atoms with Gasteiger partial charge in [0.15, 0.2) is 0 Å². The predicted octanol–water partition coefficient (Wildman–Crippen LogP) is 27.1. The molecule has 2 aliphatic heterocycles. The SMILES string of the molecule is CC(C)CCOc1c(Cl)c(Sc2ccccc2N)c(OCCC(C)C)c2c1-c1nc-2nc2[n-]c(nc3nc(nc4[n-]c(n1)c1c(OCCC(C)C)c(Sc5ccccc5N)c(Cl)c(OCCC(C)C)c41)-c1c(OCCC(C)C)c(Sc4ccccc4N)c(Cl)c(OCCC(C)C)c1-3)c1c(OCCC(C)C)c(Sc3ccccc3N)c(Cl)c(OCCC(C)C)c21.[Cu+2]. The van der Waals surface area contributed by atoms with E-state index in [1.807, 2.05) is 97.1 Å². The van der Waals surface area contributed by atoms with Crippen LogP contribution < -0.4 is 70.8 Å². The van der Waals surface area contributed by atoms with Gasteiger partial charge in [0, 0.05) is 86.5 Å². The summed E-state index contributed by atoms with van der Waals surface area (Å²) in [6.45, 7) is 36.0. The van der Waals surface area contributed by atoms with E-state index >= 15 is 0 Å². The Morgan fingerprint density at radius 2 is 0.448 bits per heavy atom. The summed E-state index contributed by atoms with van der Waals surface area (Å²) in [7, 11) is 0. The maximum atomic E-state index is 8.21. The van der Waals surface area contributed by atoms with Crippen molar-refractivity contribution in [1.82, 2.24) is 39.9 Å². The fourth-order valence-electron chi connectivity index (χ4n) is 13.6. The van der Waals surface area contributed by atoms with E-state index in [1.54, 1.807) is 0 Å². The summed E-state index contributed by atoms with van der Waals surface area (Å²) < 4.78 is 58.5. The Bertz CT molecular complexity index is 5540. The minimum atomic E-state index is 0. The first-order valence-electron chi connectivity index (χ1n) is 42.9. The average Bonchev–Trinajstić information content (AvgIpc) is 1.56. The van der Waals surface area contributed by atoms with Crippen molar-refractivity contribution in [3.8, 4) is 91.5 Å². The first kappa shape index (κ1) is 95.9. The Kier molecular flexibility index (Phi) is 33.2. The topological polar surface area (TPSA) is 283 Å². The number of fused-ring (bicyclic) bond motifs is 20. The molecule has 0 unspecified atom stereocenters. The van der Waals surface area contributed by atoms with E-state index in [1.165, 1.54) is 47.0 Å². The minimum absolute atomic E-state index is 0. The van der Waals surface area contributed by atoms with Gasteiger partial charge in [-0.05, 0) is 147 Å². The van der Waals surface area contributed by atoms with Crippen LogP contribution in [0.2, 0.25) is 20.1 Å². The molecular weight excluding hydrogens is 1780 g/mol. The maximum absolute atomic E-state index is 8.21. The van der Waals surface area contributed by atoms with Gasteiger partial charge in [-0.2, -0.15) is 0 Å². The second-order valence-electron chi connectivity index (χ2n) is 34.5. The van der Waals surface area contributed by atoms with Crippen LogP contribution in [0.5, 0.6) is 46.0 Å². The van der Waals surface area contributed by atoms with Crippen LogP contribution in [-0.2, 0) is 17.1 Å². The number of para-hydroxylation sites is 4. The van der Waals surface area contributed by atoms with Crippen LogP contribution in [0.1, 0.15) is 162 Å². The Balaban J connectivity index is 0.0000142. The number of nitrogen functional groups attached to an aromatic ring is 4. The Hall–Kier alpha value is -8.20. The summed E-state index contributed by atoms with van der Waals surface area (Å²) in [5.41, 5.74) is 31.5. The van der Waals surface area contributed by atoms with Crippen molar-refractivity contribution in [2.75, 3.05) is 75.8 Å². The third-order valence-corrected chi connectivity index (χ3v) is 27.4. The van der Waals surface area contributed by atoms with Crippen molar-refractivity contribution in [3.63, 3.8) is 0 Å². The molecule has 0 aliphatic carbocycles. The monoisotopic (exact) mass is 1890 g/mol. The van der Waals surface area contributed by atoms with Gasteiger partial charge in [-0.15, -0.1) is 0 Å². The molecule has 0 saturated heterocycles. The summed E-state index contributed by atoms with van der Waals surface area (Å²) in [6, 6.07) is 30.4. The van der Waals surface area contributed by atoms with Gasteiger partial charge in [0.2, 0.25) is 0 Å². The van der Waals surface area contributed by atoms with Crippen LogP contribution in [0.3, 0.4) is 0 Å². The Morgan fingerprint density at radius 3 is 0.680 bits per heavy atom. The van der Waals surface area contributed by atoms with E-state index in [0.717, 1.165) is 0 Å². The largest absolute Gasteiger partial charge is 2.00 e. The van der Waals surface area contributed by atoms with Gasteiger partial charge in [0.1, 0.15) is 66.1 Å². The van der Waals surface area contributed by atoms with Crippen LogP contribution in [-0.4, -0.2) is 82.8 Å². The molecule has 2 aliphatic rings. The van der Waals surface area contributed by atoms with Gasteiger partial charge in [-0.25, -0.2) is 9.97 Å². The van der Waals surface area contributed by atoms with E-state index in [0.29, 0.717) is 180 Å². The molecule has 1 radical (unpaired) electrons. The van der Waals surface area contributed by atoms with Gasteiger partial charge < -0.3 is 90.7 Å². The normalized spacial score (nSPS) is 12.0. The molecule has 0 saturated carbocycles. The van der Waals surface area contributed by atoms with Crippen LogP contribution >= 0.6 is 93.5 Å². The van der Waals surface area contributed by atoms with Gasteiger partial charge >= 0.3 is 17.1 Å². The zero-order valence-corrected chi connectivity index (χ0v) is 81.0. The summed E-state index contributed by atoms with van der Waals surface area (Å²) in [4.78, 5) is 51.1. The number of nitrogens with zero attached hydrogens (tertiary/aromatic N) is 8. The molecule has 0 atom stereocenters. The van der Waals surface area contributed by atoms with E-state index < -0.39 is 0 Å². The summed E-state index contributed by atoms with van der Waals surface area (Å²) in [5.74, 6) is 4.10. The van der Waals surface area contributed by atoms with Crippen molar-refractivity contribution in [2.45, 2.75) is 201 Å². The molecule has 125 heavy (non-hydrogen) atoms. The molecule has 0 fully saturated rings. The molecule has 8 N–H and O–H groups in total. The molecule has 13 rings (SSSR count). The van der Waals surface area contributed by atoms with E-state index in [2.05, 4.69) is 111 Å². The minimum Gasteiger partial charge on any atom is -0.492 e. The first-order valence-corrected chi connectivity index (χ1v) is 47.7. The second-order valence-corrected chi connectivity index (χ2v) is 40.2. The molecule has 20 nitrogen and oxygen atoms in total. The number of aromatic nitrogens is 8. The van der Waals surface area contributed by atoms with Crippen molar-refractivity contribution in [3.05, 3.63) is 117 Å². The van der Waals surface area contributed by atoms with Gasteiger partial charge in [-0.3, -0.25) is 0 Å². The van der Waals surface area contributed by atoms with Gasteiger partial charge in [0.05, 0.1) is 118 Å². The van der Waals surface area contributed by atoms with E-state index in [4.69, 9.17) is 147 Å². The standard InChI is InChI=1S/C96H112Cl4N12O8S4.Cu/c1-49(2)33-41-113-77-65-69(81(117-45-37-53(9)10)85(73(77)97)121-61-29-21-17-25-57(61)101)93-105-89(65)109-94-70-66(78(114-42-34-50(3)4)74(98)86(82(70)118-46-38-54(11)12)122-62-30-22-18-26-58(62)102)91(106-94)111-96-72-68(80(116-44-36-52(7)8)76(100)88(84(72)120-48-40-56(15)16)124-64-32-24-20-28-60(64)104)92(108-96)112-95-71-67(90(107-95)110-93)79(115-43-35-51(5)6)75(99)87(83(71)119-47-39-55(13)14)123-63-31-23-19-27-59(63)103;/h17-32,49-56H,33-48,101-104H2,1-16H3;/q-2;+2. The van der Waals surface area contributed by atoms with E-state index in [9.17, 15) is 0 Å². The molecule has 0 spiro atoms. The summed E-state index contributed by atoms with van der Waals surface area (Å²) in [6.07, 6.45) is 5.05. The first-order chi connectivity index (χ1) is 59.5. The van der Waals surface area contributed by atoms with Crippen molar-refractivity contribution >= 4 is 160 Å². The van der Waals surface area contributed by atoms with Gasteiger partial charge in [0.25, 0.3) is 0 Å². The van der Waals surface area contributed by atoms with Crippen molar-refractivity contribution < 1.29 is 55.0 Å². The van der Waals surface area contributed by atoms with Crippen LogP contribution in [0.4, 0.5) is 22.7 Å². The Labute approximate surface area is 781 Å². The molecule has 11 aromatic rings. The fraction of sp³-hybridized carbons (Fsp3) is 0.417. The zero-order chi connectivity index (χ0) is 88.5. The third-order valence-electron chi connectivity index (χ3n) is 20.8. The quantitative estimate of drug-likeness (QED) is 0.0205. The molecule has 3 aromatic heterocycles. The zero-order valence-electron chi connectivity index (χ0n) is 73.8. The summed E-state index contributed by atoms with van der Waals surface area (Å²) in [5, 5.41) is 2.23. The number of benzene rings is 8. The molecule has 0 amide bonds. The number of anilines is 4. The maximum Gasteiger partial charge on any atom is 2.00 e. The molecular formula is C96H112Cl4CuN12O8S4. The van der Waals surface area contributed by atoms with Crippen molar-refractivity contribution in [1.29, 1.82) is 0 Å². The summed E-state index contributed by atoms with van der Waals surface area (Å²) >= 11 is 38.2. The van der Waals surface area contributed by atoms with E-state index in [-0.39, 0.29) is 206 Å². The van der Waals surface area contributed by atoms with Crippen molar-refractivity contribution in [2.24, 2.45) is 47.3 Å². The number of hydrogen-bond acceptors (Lipinski definition) is 22. The number of halogens is 4. The molecule has 5 heterocycles. The van der Waals surface area contributed by atoms with Crippen LogP contribution in [0, 0.1) is 47.3 Å². The number of ether oxygens (including phenoxy) is 8.